The van der Waals surface area contributed by atoms with E-state index in [1.54, 1.807) is 31.1 Å². The fraction of sp³-hybridized carbons (Fsp3) is 0.118. The lowest BCUT2D eigenvalue weighted by molar-refractivity contribution is 0.0827. The van der Waals surface area contributed by atoms with Gasteiger partial charge in [0.15, 0.2) is 11.0 Å². The van der Waals surface area contributed by atoms with Crippen LogP contribution in [0.1, 0.15) is 10.4 Å². The van der Waals surface area contributed by atoms with E-state index < -0.39 is 0 Å². The summed E-state index contributed by atoms with van der Waals surface area (Å²) in [5.74, 6) is 0.483. The number of rotatable bonds is 4. The summed E-state index contributed by atoms with van der Waals surface area (Å²) in [6, 6.07) is 14.9. The van der Waals surface area contributed by atoms with E-state index in [9.17, 15) is 4.79 Å². The number of nitrogens with one attached hydrogen (secondary N) is 1. The number of benzene rings is 2. The van der Waals surface area contributed by atoms with Crippen LogP contribution in [0.4, 0.5) is 5.82 Å². The summed E-state index contributed by atoms with van der Waals surface area (Å²) in [4.78, 5) is 23.2. The van der Waals surface area contributed by atoms with Gasteiger partial charge in [-0.25, -0.2) is 9.97 Å². The van der Waals surface area contributed by atoms with Crippen molar-refractivity contribution in [1.29, 1.82) is 0 Å². The van der Waals surface area contributed by atoms with E-state index in [0.29, 0.717) is 16.5 Å². The molecule has 0 saturated carbocycles. The number of amides is 1. The Bertz CT molecular complexity index is 883. The second-order valence-corrected chi connectivity index (χ2v) is 6.52. The van der Waals surface area contributed by atoms with Crippen LogP contribution in [0.3, 0.4) is 0 Å². The molecule has 7 heteroatoms. The predicted molar refractivity (Wildman–Crippen MR) is 98.5 cm³/mol. The maximum atomic E-state index is 11.9. The van der Waals surface area contributed by atoms with Crippen molar-refractivity contribution in [2.45, 2.75) is 4.90 Å². The highest BCUT2D eigenvalue weighted by atomic mass is 35.5. The van der Waals surface area contributed by atoms with Gasteiger partial charge in [-0.2, -0.15) is 0 Å². The topological polar surface area (TPSA) is 58.1 Å². The Hall–Kier alpha value is -2.31. The fourth-order valence-corrected chi connectivity index (χ4v) is 2.94. The van der Waals surface area contributed by atoms with Crippen LogP contribution in [0.5, 0.6) is 0 Å². The van der Waals surface area contributed by atoms with E-state index in [1.807, 2.05) is 36.4 Å². The van der Waals surface area contributed by atoms with Gasteiger partial charge in [0.2, 0.25) is 0 Å². The minimum absolute atomic E-state index is 0.0250. The summed E-state index contributed by atoms with van der Waals surface area (Å²) >= 11 is 7.53. The molecule has 1 N–H and O–H groups in total. The molecule has 3 rings (SSSR count). The number of hydrogen-bond donors (Lipinski definition) is 1. The second-order valence-electron chi connectivity index (χ2n) is 5.28. The van der Waals surface area contributed by atoms with E-state index in [-0.39, 0.29) is 5.91 Å². The van der Waals surface area contributed by atoms with E-state index >= 15 is 0 Å². The molecule has 1 amide bonds. The molecule has 2 aromatic carbocycles. The summed E-state index contributed by atoms with van der Waals surface area (Å²) in [6.45, 7) is 0. The third-order valence-corrected chi connectivity index (χ3v) is 4.37. The molecule has 0 aliphatic carbocycles. The van der Waals surface area contributed by atoms with Gasteiger partial charge in [-0.05, 0) is 48.3 Å². The van der Waals surface area contributed by atoms with E-state index in [2.05, 4.69) is 14.7 Å². The highest BCUT2D eigenvalue weighted by Crippen LogP contribution is 2.26. The van der Waals surface area contributed by atoms with Crippen LogP contribution in [-0.4, -0.2) is 34.9 Å². The highest BCUT2D eigenvalue weighted by Gasteiger charge is 2.09. The molecule has 24 heavy (non-hydrogen) atoms. The summed E-state index contributed by atoms with van der Waals surface area (Å²) < 4.78 is 3.11. The van der Waals surface area contributed by atoms with E-state index in [4.69, 9.17) is 11.6 Å². The van der Waals surface area contributed by atoms with Gasteiger partial charge in [0.25, 0.3) is 5.91 Å². The number of carbonyl (C=O) groups is 1. The minimum Gasteiger partial charge on any atom is -0.345 e. The Kier molecular flexibility index (Phi) is 4.87. The molecule has 0 radical (unpaired) electrons. The number of nitrogens with zero attached hydrogens (tertiary/aromatic N) is 3. The maximum Gasteiger partial charge on any atom is 0.253 e. The normalized spacial score (nSPS) is 10.6. The largest absolute Gasteiger partial charge is 0.345 e. The quantitative estimate of drug-likeness (QED) is 0.711. The number of aromatic nitrogens is 2. The van der Waals surface area contributed by atoms with Crippen molar-refractivity contribution in [2.75, 3.05) is 18.8 Å². The molecule has 0 spiro atoms. The first-order chi connectivity index (χ1) is 11.5. The summed E-state index contributed by atoms with van der Waals surface area (Å²) in [5, 5.41) is 0.320. The van der Waals surface area contributed by atoms with Crippen molar-refractivity contribution in [3.05, 3.63) is 59.2 Å². The lowest BCUT2D eigenvalue weighted by Gasteiger charge is -2.11. The molecule has 0 bridgehead atoms. The molecule has 5 nitrogen and oxygen atoms in total. The average Bonchev–Trinajstić information content (AvgIpc) is 2.59. The Balaban J connectivity index is 1.74. The molecule has 0 atom stereocenters. The van der Waals surface area contributed by atoms with Gasteiger partial charge in [-0.1, -0.05) is 23.7 Å². The second kappa shape index (κ2) is 7.07. The molecule has 122 valence electrons. The van der Waals surface area contributed by atoms with E-state index in [0.717, 1.165) is 15.9 Å². The number of carbonyl (C=O) groups excluding carboxylic acids is 1. The van der Waals surface area contributed by atoms with Crippen molar-refractivity contribution in [1.82, 2.24) is 14.9 Å². The fourth-order valence-electron chi connectivity index (χ4n) is 2.07. The van der Waals surface area contributed by atoms with Crippen LogP contribution < -0.4 is 4.72 Å². The first-order valence-corrected chi connectivity index (χ1v) is 8.41. The molecular weight excluding hydrogens is 344 g/mol. The van der Waals surface area contributed by atoms with Crippen molar-refractivity contribution >= 4 is 46.3 Å². The van der Waals surface area contributed by atoms with Gasteiger partial charge in [-0.15, -0.1) is 0 Å². The van der Waals surface area contributed by atoms with Crippen molar-refractivity contribution in [2.24, 2.45) is 0 Å². The molecule has 0 aliphatic heterocycles. The molecule has 0 unspecified atom stereocenters. The third-order valence-electron chi connectivity index (χ3n) is 3.30. The Morgan fingerprint density at radius 3 is 2.29 bits per heavy atom. The number of fused-ring (bicyclic) bond motifs is 1. The van der Waals surface area contributed by atoms with Crippen molar-refractivity contribution in [3.63, 3.8) is 0 Å². The Morgan fingerprint density at radius 2 is 1.67 bits per heavy atom. The molecule has 1 heterocycles. The van der Waals surface area contributed by atoms with Crippen LogP contribution in [0.15, 0.2) is 53.4 Å². The monoisotopic (exact) mass is 358 g/mol. The van der Waals surface area contributed by atoms with Crippen LogP contribution in [-0.2, 0) is 0 Å². The third kappa shape index (κ3) is 3.60. The summed E-state index contributed by atoms with van der Waals surface area (Å²) in [6.07, 6.45) is 0. The zero-order valence-corrected chi connectivity index (χ0v) is 14.7. The summed E-state index contributed by atoms with van der Waals surface area (Å²) in [7, 11) is 3.46. The first kappa shape index (κ1) is 16.5. The maximum absolute atomic E-state index is 11.9. The predicted octanol–water partition coefficient (Wildman–Crippen LogP) is 4.10. The molecular formula is C17H15ClN4OS. The van der Waals surface area contributed by atoms with Crippen LogP contribution in [0.25, 0.3) is 11.0 Å². The smallest absolute Gasteiger partial charge is 0.253 e. The first-order valence-electron chi connectivity index (χ1n) is 7.21. The molecule has 0 saturated heterocycles. The minimum atomic E-state index is -0.0250. The highest BCUT2D eigenvalue weighted by molar-refractivity contribution is 8.00. The van der Waals surface area contributed by atoms with Gasteiger partial charge in [0.05, 0.1) is 11.0 Å². The van der Waals surface area contributed by atoms with Crippen molar-refractivity contribution < 1.29 is 4.79 Å². The Morgan fingerprint density at radius 1 is 1.04 bits per heavy atom. The van der Waals surface area contributed by atoms with Gasteiger partial charge < -0.3 is 9.62 Å². The standard InChI is InChI=1S/C17H15ClN4OS/c1-22(2)17(23)11-7-9-12(10-8-11)24-21-16-15(18)19-13-5-3-4-6-14(13)20-16/h3-10H,1-2H3,(H,20,21). The lowest BCUT2D eigenvalue weighted by atomic mass is 10.2. The van der Waals surface area contributed by atoms with E-state index in [1.165, 1.54) is 11.9 Å². The summed E-state index contributed by atoms with van der Waals surface area (Å²) in [5.41, 5.74) is 2.18. The SMILES string of the molecule is CN(C)C(=O)c1ccc(SNc2nc3ccccc3nc2Cl)cc1. The number of para-hydroxylation sites is 2. The number of hydrogen-bond acceptors (Lipinski definition) is 5. The molecule has 0 fully saturated rings. The average molecular weight is 359 g/mol. The van der Waals surface area contributed by atoms with Gasteiger partial charge in [-0.3, -0.25) is 4.79 Å². The molecule has 1 aromatic heterocycles. The molecule has 0 aliphatic rings. The van der Waals surface area contributed by atoms with Gasteiger partial charge in [0, 0.05) is 24.6 Å². The van der Waals surface area contributed by atoms with Gasteiger partial charge >= 0.3 is 0 Å². The Labute approximate surface area is 149 Å². The number of halogens is 1. The van der Waals surface area contributed by atoms with Crippen LogP contribution in [0.2, 0.25) is 5.15 Å². The zero-order valence-electron chi connectivity index (χ0n) is 13.2. The van der Waals surface area contributed by atoms with Gasteiger partial charge in [0.1, 0.15) is 0 Å². The lowest BCUT2D eigenvalue weighted by Crippen LogP contribution is -2.21. The zero-order chi connectivity index (χ0) is 17.1. The van der Waals surface area contributed by atoms with Crippen LogP contribution >= 0.6 is 23.5 Å². The number of anilines is 1. The van der Waals surface area contributed by atoms with Crippen LogP contribution in [0, 0.1) is 0 Å². The molecule has 3 aromatic rings. The van der Waals surface area contributed by atoms with Crippen molar-refractivity contribution in [3.8, 4) is 0 Å².